The Morgan fingerprint density at radius 2 is 1.15 bits per heavy atom. The quantitative estimate of drug-likeness (QED) is 0.607. The Kier molecular flexibility index (Phi) is 3.07. The Balaban J connectivity index is 2.81. The molecule has 0 spiro atoms. The highest BCUT2D eigenvalue weighted by atomic mass is 16.6. The van der Waals surface area contributed by atoms with Crippen LogP contribution in [0.5, 0.6) is 0 Å². The molecule has 0 saturated carbocycles. The van der Waals surface area contributed by atoms with E-state index in [1.807, 2.05) is 27.7 Å². The Morgan fingerprint density at radius 3 is 1.40 bits per heavy atom. The molecular formula is C14H18N2O4. The number of hydrogen-bond donors (Lipinski definition) is 0. The molecular weight excluding hydrogens is 260 g/mol. The van der Waals surface area contributed by atoms with Gasteiger partial charge >= 0.3 is 11.4 Å². The highest BCUT2D eigenvalue weighted by Crippen LogP contribution is 2.48. The average Bonchev–Trinajstić information content (AvgIpc) is 2.33. The van der Waals surface area contributed by atoms with Gasteiger partial charge in [-0.25, -0.2) is 0 Å². The third-order valence-corrected chi connectivity index (χ3v) is 4.34. The van der Waals surface area contributed by atoms with Gasteiger partial charge in [-0.3, -0.25) is 20.2 Å². The number of benzene rings is 1. The van der Waals surface area contributed by atoms with Crippen LogP contribution in [0.4, 0.5) is 11.4 Å². The van der Waals surface area contributed by atoms with Crippen molar-refractivity contribution in [1.82, 2.24) is 0 Å². The van der Waals surface area contributed by atoms with Crippen LogP contribution in [0.1, 0.15) is 51.7 Å². The molecule has 0 atom stereocenters. The first kappa shape index (κ1) is 14.4. The number of nitrogens with zero attached hydrogens (tertiary/aromatic N) is 2. The maximum atomic E-state index is 11.1. The van der Waals surface area contributed by atoms with E-state index in [4.69, 9.17) is 0 Å². The summed E-state index contributed by atoms with van der Waals surface area (Å²) >= 11 is 0. The molecule has 0 saturated heterocycles. The zero-order valence-corrected chi connectivity index (χ0v) is 12.1. The molecule has 0 bridgehead atoms. The first-order valence-corrected chi connectivity index (χ1v) is 6.54. The van der Waals surface area contributed by atoms with Gasteiger partial charge in [-0.15, -0.1) is 0 Å². The summed E-state index contributed by atoms with van der Waals surface area (Å²) in [6.07, 6.45) is 1.81. The SMILES string of the molecule is CC1(C)CCC(C)(C)c2cc([N+](=O)[O-])c([N+](=O)[O-])cc21. The number of nitro benzene ring substituents is 2. The zero-order valence-electron chi connectivity index (χ0n) is 12.1. The minimum Gasteiger partial charge on any atom is -0.258 e. The molecule has 20 heavy (non-hydrogen) atoms. The molecule has 0 unspecified atom stereocenters. The molecule has 0 aliphatic heterocycles. The molecule has 2 rings (SSSR count). The number of hydrogen-bond acceptors (Lipinski definition) is 4. The van der Waals surface area contributed by atoms with Gasteiger partial charge < -0.3 is 0 Å². The van der Waals surface area contributed by atoms with Crippen LogP contribution in [0.3, 0.4) is 0 Å². The summed E-state index contributed by atoms with van der Waals surface area (Å²) < 4.78 is 0. The van der Waals surface area contributed by atoms with E-state index in [1.165, 1.54) is 12.1 Å². The molecule has 0 heterocycles. The fraction of sp³-hybridized carbons (Fsp3) is 0.571. The van der Waals surface area contributed by atoms with E-state index in [0.717, 1.165) is 24.0 Å². The lowest BCUT2D eigenvalue weighted by Gasteiger charge is -2.41. The lowest BCUT2D eigenvalue weighted by atomic mass is 9.63. The van der Waals surface area contributed by atoms with Crippen molar-refractivity contribution in [1.29, 1.82) is 0 Å². The Bertz CT molecular complexity index is 552. The molecule has 0 fully saturated rings. The van der Waals surface area contributed by atoms with Crippen LogP contribution in [0, 0.1) is 20.2 Å². The second-order valence-corrected chi connectivity index (χ2v) is 6.67. The molecule has 0 aromatic heterocycles. The predicted octanol–water partition coefficient (Wildman–Crippen LogP) is 3.85. The fourth-order valence-corrected chi connectivity index (χ4v) is 2.88. The topological polar surface area (TPSA) is 86.3 Å². The summed E-state index contributed by atoms with van der Waals surface area (Å²) in [6, 6.07) is 2.79. The first-order chi connectivity index (χ1) is 9.06. The van der Waals surface area contributed by atoms with Gasteiger partial charge in [0, 0.05) is 12.1 Å². The summed E-state index contributed by atoms with van der Waals surface area (Å²) in [6.45, 7) is 8.10. The van der Waals surface area contributed by atoms with E-state index in [-0.39, 0.29) is 10.8 Å². The third-order valence-electron chi connectivity index (χ3n) is 4.34. The van der Waals surface area contributed by atoms with Crippen LogP contribution in [0.2, 0.25) is 0 Å². The number of nitro groups is 2. The van der Waals surface area contributed by atoms with Crippen LogP contribution in [0.25, 0.3) is 0 Å². The van der Waals surface area contributed by atoms with Gasteiger partial charge in [-0.05, 0) is 34.8 Å². The summed E-state index contributed by atoms with van der Waals surface area (Å²) in [5, 5.41) is 22.2. The highest BCUT2D eigenvalue weighted by Gasteiger charge is 2.41. The molecule has 1 aromatic carbocycles. The van der Waals surface area contributed by atoms with E-state index < -0.39 is 21.2 Å². The van der Waals surface area contributed by atoms with Crippen molar-refractivity contribution in [2.24, 2.45) is 0 Å². The van der Waals surface area contributed by atoms with E-state index in [9.17, 15) is 20.2 Å². The van der Waals surface area contributed by atoms with E-state index in [2.05, 4.69) is 0 Å². The second-order valence-electron chi connectivity index (χ2n) is 6.67. The maximum absolute atomic E-state index is 11.1. The molecule has 0 N–H and O–H groups in total. The molecule has 6 heteroatoms. The van der Waals surface area contributed by atoms with Gasteiger partial charge in [-0.2, -0.15) is 0 Å². The van der Waals surface area contributed by atoms with Crippen molar-refractivity contribution < 1.29 is 9.85 Å². The van der Waals surface area contributed by atoms with Crippen molar-refractivity contribution in [3.8, 4) is 0 Å². The van der Waals surface area contributed by atoms with Gasteiger partial charge in [0.05, 0.1) is 9.85 Å². The van der Waals surface area contributed by atoms with E-state index in [1.54, 1.807) is 0 Å². The van der Waals surface area contributed by atoms with Crippen molar-refractivity contribution in [3.63, 3.8) is 0 Å². The summed E-state index contributed by atoms with van der Waals surface area (Å²) in [5.41, 5.74) is 0.464. The van der Waals surface area contributed by atoms with Crippen LogP contribution in [-0.4, -0.2) is 9.85 Å². The maximum Gasteiger partial charge on any atom is 0.346 e. The van der Waals surface area contributed by atoms with Crippen molar-refractivity contribution in [3.05, 3.63) is 43.5 Å². The van der Waals surface area contributed by atoms with Gasteiger partial charge in [0.1, 0.15) is 0 Å². The molecule has 0 amide bonds. The summed E-state index contributed by atoms with van der Waals surface area (Å²) in [7, 11) is 0. The standard InChI is InChI=1S/C14H18N2O4/c1-13(2)5-6-14(3,4)10-8-12(16(19)20)11(15(17)18)7-9(10)13/h7-8H,5-6H2,1-4H3. The first-order valence-electron chi connectivity index (χ1n) is 6.54. The minimum atomic E-state index is -0.671. The highest BCUT2D eigenvalue weighted by molar-refractivity contribution is 5.60. The molecule has 1 aliphatic rings. The van der Waals surface area contributed by atoms with Gasteiger partial charge in [0.15, 0.2) is 0 Å². The summed E-state index contributed by atoms with van der Waals surface area (Å²) in [5.74, 6) is 0. The second kappa shape index (κ2) is 4.26. The van der Waals surface area contributed by atoms with Crippen LogP contribution >= 0.6 is 0 Å². The minimum absolute atomic E-state index is 0.204. The Morgan fingerprint density at radius 1 is 0.850 bits per heavy atom. The Labute approximate surface area is 117 Å². The lowest BCUT2D eigenvalue weighted by Crippen LogP contribution is -2.34. The van der Waals surface area contributed by atoms with Gasteiger partial charge in [0.2, 0.25) is 0 Å². The van der Waals surface area contributed by atoms with Gasteiger partial charge in [0.25, 0.3) is 0 Å². The predicted molar refractivity (Wildman–Crippen MR) is 75.0 cm³/mol. The average molecular weight is 278 g/mol. The molecule has 1 aromatic rings. The van der Waals surface area contributed by atoms with Crippen molar-refractivity contribution in [2.75, 3.05) is 0 Å². The van der Waals surface area contributed by atoms with E-state index in [0.29, 0.717) is 0 Å². The normalized spacial score (nSPS) is 19.2. The van der Waals surface area contributed by atoms with Gasteiger partial charge in [-0.1, -0.05) is 27.7 Å². The van der Waals surface area contributed by atoms with Crippen molar-refractivity contribution >= 4 is 11.4 Å². The third kappa shape index (κ3) is 2.15. The number of fused-ring (bicyclic) bond motifs is 1. The van der Waals surface area contributed by atoms with Crippen LogP contribution in [-0.2, 0) is 10.8 Å². The summed E-state index contributed by atoms with van der Waals surface area (Å²) in [4.78, 5) is 20.8. The lowest BCUT2D eigenvalue weighted by molar-refractivity contribution is -0.422. The van der Waals surface area contributed by atoms with Crippen LogP contribution in [0.15, 0.2) is 12.1 Å². The monoisotopic (exact) mass is 278 g/mol. The van der Waals surface area contributed by atoms with Crippen molar-refractivity contribution in [2.45, 2.75) is 51.4 Å². The molecule has 0 radical (unpaired) electrons. The Hall–Kier alpha value is -1.98. The molecule has 1 aliphatic carbocycles. The zero-order chi connectivity index (χ0) is 15.3. The molecule has 6 nitrogen and oxygen atoms in total. The van der Waals surface area contributed by atoms with E-state index >= 15 is 0 Å². The molecule has 108 valence electrons. The smallest absolute Gasteiger partial charge is 0.258 e. The fourth-order valence-electron chi connectivity index (χ4n) is 2.88. The van der Waals surface area contributed by atoms with Crippen LogP contribution < -0.4 is 0 Å². The largest absolute Gasteiger partial charge is 0.346 e. The number of rotatable bonds is 2.